The lowest BCUT2D eigenvalue weighted by Crippen LogP contribution is -2.35. The van der Waals surface area contributed by atoms with E-state index in [-0.39, 0.29) is 0 Å². The van der Waals surface area contributed by atoms with Crippen LogP contribution in [0.5, 0.6) is 0 Å². The molecule has 0 amide bonds. The van der Waals surface area contributed by atoms with Gasteiger partial charge < -0.3 is 5.32 Å². The Hall–Kier alpha value is -0.870. The van der Waals surface area contributed by atoms with Crippen molar-refractivity contribution in [2.75, 3.05) is 25.0 Å². The Kier molecular flexibility index (Phi) is 3.96. The summed E-state index contributed by atoms with van der Waals surface area (Å²) in [7, 11) is 0. The van der Waals surface area contributed by atoms with Crippen molar-refractivity contribution in [2.45, 2.75) is 25.8 Å². The summed E-state index contributed by atoms with van der Waals surface area (Å²) >= 11 is 5.71. The van der Waals surface area contributed by atoms with E-state index >= 15 is 0 Å². The Bertz CT molecular complexity index is 339. The summed E-state index contributed by atoms with van der Waals surface area (Å²) in [6.45, 7) is 5.56. The molecule has 5 heteroatoms. The standard InChI is InChI=1S/C11H17ClN4/c1-9(16-6-2-3-7-16)8-14-10-4-5-13-11(12)15-10/h4-5,9H,2-3,6-8H2,1H3,(H,13,14,15). The van der Waals surface area contributed by atoms with E-state index < -0.39 is 0 Å². The van der Waals surface area contributed by atoms with Crippen molar-refractivity contribution in [1.29, 1.82) is 0 Å². The molecule has 1 aromatic heterocycles. The fourth-order valence-electron chi connectivity index (χ4n) is 2.00. The second-order valence-electron chi connectivity index (χ2n) is 4.18. The van der Waals surface area contributed by atoms with Gasteiger partial charge in [0, 0.05) is 18.8 Å². The number of likely N-dealkylation sites (tertiary alicyclic amines) is 1. The summed E-state index contributed by atoms with van der Waals surface area (Å²) in [6, 6.07) is 2.37. The molecule has 16 heavy (non-hydrogen) atoms. The molecule has 1 aliphatic heterocycles. The average molecular weight is 241 g/mol. The van der Waals surface area contributed by atoms with Gasteiger partial charge in [-0.2, -0.15) is 0 Å². The van der Waals surface area contributed by atoms with Gasteiger partial charge in [-0.25, -0.2) is 9.97 Å². The SMILES string of the molecule is CC(CNc1ccnc(Cl)n1)N1CCCC1. The Morgan fingerprint density at radius 1 is 1.50 bits per heavy atom. The van der Waals surface area contributed by atoms with Gasteiger partial charge in [-0.15, -0.1) is 0 Å². The Balaban J connectivity index is 1.82. The topological polar surface area (TPSA) is 41.1 Å². The highest BCUT2D eigenvalue weighted by Crippen LogP contribution is 2.12. The molecule has 1 fully saturated rings. The molecule has 0 aliphatic carbocycles. The van der Waals surface area contributed by atoms with Gasteiger partial charge in [0.2, 0.25) is 5.28 Å². The van der Waals surface area contributed by atoms with Gasteiger partial charge in [-0.05, 0) is 50.5 Å². The predicted molar refractivity (Wildman–Crippen MR) is 65.8 cm³/mol. The molecule has 0 aromatic carbocycles. The fraction of sp³-hybridized carbons (Fsp3) is 0.636. The summed E-state index contributed by atoms with van der Waals surface area (Å²) in [6.07, 6.45) is 4.31. The molecule has 0 bridgehead atoms. The van der Waals surface area contributed by atoms with Gasteiger partial charge in [0.05, 0.1) is 0 Å². The quantitative estimate of drug-likeness (QED) is 0.818. The fourth-order valence-corrected chi connectivity index (χ4v) is 2.14. The van der Waals surface area contributed by atoms with E-state index in [1.54, 1.807) is 6.20 Å². The number of hydrogen-bond acceptors (Lipinski definition) is 4. The zero-order valence-corrected chi connectivity index (χ0v) is 10.2. The molecule has 1 N–H and O–H groups in total. The summed E-state index contributed by atoms with van der Waals surface area (Å²) in [5.74, 6) is 0.797. The molecular weight excluding hydrogens is 224 g/mol. The Morgan fingerprint density at radius 3 is 2.94 bits per heavy atom. The molecule has 0 saturated carbocycles. The van der Waals surface area contributed by atoms with Crippen LogP contribution < -0.4 is 5.32 Å². The minimum absolute atomic E-state index is 0.291. The number of anilines is 1. The van der Waals surface area contributed by atoms with Gasteiger partial charge in [0.25, 0.3) is 0 Å². The van der Waals surface area contributed by atoms with Crippen molar-refractivity contribution in [2.24, 2.45) is 0 Å². The van der Waals surface area contributed by atoms with Gasteiger partial charge in [-0.1, -0.05) is 0 Å². The molecule has 1 aliphatic rings. The van der Waals surface area contributed by atoms with Crippen molar-refractivity contribution in [3.05, 3.63) is 17.5 Å². The van der Waals surface area contributed by atoms with Gasteiger partial charge in [-0.3, -0.25) is 4.90 Å². The van der Waals surface area contributed by atoms with Crippen LogP contribution >= 0.6 is 11.6 Å². The molecular formula is C11H17ClN4. The molecule has 1 unspecified atom stereocenters. The zero-order valence-electron chi connectivity index (χ0n) is 9.49. The molecule has 4 nitrogen and oxygen atoms in total. The first kappa shape index (κ1) is 11.6. The van der Waals surface area contributed by atoms with Gasteiger partial charge >= 0.3 is 0 Å². The molecule has 1 atom stereocenters. The van der Waals surface area contributed by atoms with Crippen molar-refractivity contribution in [3.63, 3.8) is 0 Å². The lowest BCUT2D eigenvalue weighted by Gasteiger charge is -2.23. The van der Waals surface area contributed by atoms with Crippen molar-refractivity contribution >= 4 is 17.4 Å². The number of nitrogens with zero attached hydrogens (tertiary/aromatic N) is 3. The third-order valence-corrected chi connectivity index (χ3v) is 3.15. The summed E-state index contributed by atoms with van der Waals surface area (Å²) in [5.41, 5.74) is 0. The third kappa shape index (κ3) is 3.06. The van der Waals surface area contributed by atoms with Crippen LogP contribution in [0.25, 0.3) is 0 Å². The summed E-state index contributed by atoms with van der Waals surface area (Å²) in [4.78, 5) is 10.4. The highest BCUT2D eigenvalue weighted by Gasteiger charge is 2.17. The predicted octanol–water partition coefficient (Wildman–Crippen LogP) is 2.03. The van der Waals surface area contributed by atoms with Gasteiger partial charge in [0.15, 0.2) is 0 Å². The van der Waals surface area contributed by atoms with Crippen LogP contribution in [0, 0.1) is 0 Å². The first-order chi connectivity index (χ1) is 7.75. The highest BCUT2D eigenvalue weighted by molar-refractivity contribution is 6.28. The van der Waals surface area contributed by atoms with Crippen molar-refractivity contribution in [1.82, 2.24) is 14.9 Å². The van der Waals surface area contributed by atoms with Crippen LogP contribution in [0.4, 0.5) is 5.82 Å². The minimum atomic E-state index is 0.291. The second kappa shape index (κ2) is 5.46. The normalized spacial score (nSPS) is 18.6. The highest BCUT2D eigenvalue weighted by atomic mass is 35.5. The van der Waals surface area contributed by atoms with E-state index in [9.17, 15) is 0 Å². The lowest BCUT2D eigenvalue weighted by atomic mass is 10.3. The van der Waals surface area contributed by atoms with Crippen molar-refractivity contribution < 1.29 is 0 Å². The van der Waals surface area contributed by atoms with Crippen LogP contribution in [0.2, 0.25) is 5.28 Å². The van der Waals surface area contributed by atoms with Crippen LogP contribution in [0.15, 0.2) is 12.3 Å². The van der Waals surface area contributed by atoms with E-state index in [4.69, 9.17) is 11.6 Å². The third-order valence-electron chi connectivity index (χ3n) is 2.97. The first-order valence-electron chi connectivity index (χ1n) is 5.72. The number of nitrogens with one attached hydrogen (secondary N) is 1. The lowest BCUT2D eigenvalue weighted by molar-refractivity contribution is 0.269. The van der Waals surface area contributed by atoms with Crippen molar-refractivity contribution in [3.8, 4) is 0 Å². The number of rotatable bonds is 4. The maximum atomic E-state index is 5.71. The summed E-state index contributed by atoms with van der Waals surface area (Å²) in [5, 5.41) is 3.58. The van der Waals surface area contributed by atoms with Crippen LogP contribution in [0.3, 0.4) is 0 Å². The van der Waals surface area contributed by atoms with Crippen LogP contribution in [-0.4, -0.2) is 40.5 Å². The summed E-state index contributed by atoms with van der Waals surface area (Å²) < 4.78 is 0. The van der Waals surface area contributed by atoms with Gasteiger partial charge in [0.1, 0.15) is 5.82 Å². The average Bonchev–Trinajstić information content (AvgIpc) is 2.79. The van der Waals surface area contributed by atoms with E-state index in [1.165, 1.54) is 25.9 Å². The largest absolute Gasteiger partial charge is 0.368 e. The number of hydrogen-bond donors (Lipinski definition) is 1. The first-order valence-corrected chi connectivity index (χ1v) is 6.10. The molecule has 1 saturated heterocycles. The van der Waals surface area contributed by atoms with E-state index in [0.29, 0.717) is 11.3 Å². The van der Waals surface area contributed by atoms with E-state index in [2.05, 4.69) is 27.1 Å². The minimum Gasteiger partial charge on any atom is -0.368 e. The van der Waals surface area contributed by atoms with E-state index in [0.717, 1.165) is 12.4 Å². The maximum Gasteiger partial charge on any atom is 0.224 e. The van der Waals surface area contributed by atoms with Crippen LogP contribution in [0.1, 0.15) is 19.8 Å². The Morgan fingerprint density at radius 2 is 2.25 bits per heavy atom. The molecule has 1 aromatic rings. The molecule has 0 spiro atoms. The Labute approximate surface area is 101 Å². The molecule has 2 rings (SSSR count). The maximum absolute atomic E-state index is 5.71. The molecule has 2 heterocycles. The zero-order chi connectivity index (χ0) is 11.4. The molecule has 0 radical (unpaired) electrons. The number of halogens is 1. The smallest absolute Gasteiger partial charge is 0.224 e. The second-order valence-corrected chi connectivity index (χ2v) is 4.52. The monoisotopic (exact) mass is 240 g/mol. The number of aromatic nitrogens is 2. The van der Waals surface area contributed by atoms with E-state index in [1.807, 2.05) is 6.07 Å². The molecule has 88 valence electrons. The van der Waals surface area contributed by atoms with Crippen LogP contribution in [-0.2, 0) is 0 Å².